The zero-order chi connectivity index (χ0) is 14.7. The van der Waals surface area contributed by atoms with Crippen LogP contribution in [-0.2, 0) is 0 Å². The van der Waals surface area contributed by atoms with E-state index in [0.717, 1.165) is 26.9 Å². The number of fused-ring (bicyclic) bond motifs is 1. The largest absolute Gasteiger partial charge is 0.455 e. The molecule has 0 saturated carbocycles. The Balaban J connectivity index is 2.14. The Kier molecular flexibility index (Phi) is 4.77. The van der Waals surface area contributed by atoms with E-state index in [1.807, 2.05) is 45.0 Å². The molecule has 0 atom stereocenters. The van der Waals surface area contributed by atoms with Gasteiger partial charge in [-0.1, -0.05) is 15.9 Å². The number of benzene rings is 1. The number of thiocarbonyl (C=S) groups is 1. The van der Waals surface area contributed by atoms with Crippen LogP contribution in [0.4, 0.5) is 0 Å². The lowest BCUT2D eigenvalue weighted by Crippen LogP contribution is -2.37. The number of nitrogens with zero attached hydrogens (tertiary/aromatic N) is 1. The molecule has 0 aliphatic carbocycles. The van der Waals surface area contributed by atoms with Gasteiger partial charge in [0.05, 0.1) is 0 Å². The third kappa shape index (κ3) is 3.80. The van der Waals surface area contributed by atoms with Crippen LogP contribution in [0.2, 0.25) is 0 Å². The van der Waals surface area contributed by atoms with Gasteiger partial charge in [-0.15, -0.1) is 0 Å². The van der Waals surface area contributed by atoms with Gasteiger partial charge < -0.3 is 9.73 Å². The fourth-order valence-corrected chi connectivity index (χ4v) is 2.34. The van der Waals surface area contributed by atoms with Crippen molar-refractivity contribution in [2.75, 3.05) is 0 Å². The van der Waals surface area contributed by atoms with Gasteiger partial charge in [0.1, 0.15) is 11.3 Å². The molecule has 0 bridgehead atoms. The second kappa shape index (κ2) is 6.37. The first kappa shape index (κ1) is 15.0. The zero-order valence-electron chi connectivity index (χ0n) is 11.5. The first-order valence-electron chi connectivity index (χ1n) is 6.26. The summed E-state index contributed by atoms with van der Waals surface area (Å²) in [6, 6.07) is 8.11. The molecule has 1 heterocycles. The van der Waals surface area contributed by atoms with E-state index >= 15 is 0 Å². The van der Waals surface area contributed by atoms with Gasteiger partial charge in [-0.05, 0) is 57.3 Å². The minimum absolute atomic E-state index is 0.272. The third-order valence-electron chi connectivity index (χ3n) is 2.58. The van der Waals surface area contributed by atoms with Gasteiger partial charge in [0.2, 0.25) is 0 Å². The SMILES string of the molecule is C/C(=N/NC(=S)NC(C)C)c1cc2cc(Br)ccc2o1. The second-order valence-electron chi connectivity index (χ2n) is 4.73. The van der Waals surface area contributed by atoms with Gasteiger partial charge in [0.25, 0.3) is 0 Å². The molecule has 1 aromatic heterocycles. The fourth-order valence-electron chi connectivity index (χ4n) is 1.68. The first-order chi connectivity index (χ1) is 9.45. The highest BCUT2D eigenvalue weighted by atomic mass is 79.9. The summed E-state index contributed by atoms with van der Waals surface area (Å²) >= 11 is 8.56. The Morgan fingerprint density at radius 2 is 2.10 bits per heavy atom. The highest BCUT2D eigenvalue weighted by Gasteiger charge is 2.07. The molecule has 0 aliphatic rings. The van der Waals surface area contributed by atoms with E-state index in [-0.39, 0.29) is 6.04 Å². The summed E-state index contributed by atoms with van der Waals surface area (Å²) in [5.41, 5.74) is 4.38. The number of hydrazone groups is 1. The molecule has 4 nitrogen and oxygen atoms in total. The summed E-state index contributed by atoms with van der Waals surface area (Å²) < 4.78 is 6.76. The Morgan fingerprint density at radius 3 is 2.80 bits per heavy atom. The lowest BCUT2D eigenvalue weighted by atomic mass is 10.2. The molecular weight excluding hydrogens is 338 g/mol. The van der Waals surface area contributed by atoms with Gasteiger partial charge in [-0.2, -0.15) is 5.10 Å². The minimum atomic E-state index is 0.272. The van der Waals surface area contributed by atoms with Crippen LogP contribution in [0.5, 0.6) is 0 Å². The van der Waals surface area contributed by atoms with Crippen molar-refractivity contribution in [1.82, 2.24) is 10.7 Å². The average Bonchev–Trinajstić information content (AvgIpc) is 2.78. The summed E-state index contributed by atoms with van der Waals surface area (Å²) in [6.45, 7) is 5.90. The molecule has 0 fully saturated rings. The predicted octanol–water partition coefficient (Wildman–Crippen LogP) is 3.79. The molecule has 106 valence electrons. The van der Waals surface area contributed by atoms with Crippen LogP contribution in [-0.4, -0.2) is 16.9 Å². The molecule has 6 heteroatoms. The Hall–Kier alpha value is -1.40. The van der Waals surface area contributed by atoms with Crippen molar-refractivity contribution in [3.8, 4) is 0 Å². The molecule has 2 aromatic rings. The van der Waals surface area contributed by atoms with Gasteiger partial charge in [0.15, 0.2) is 10.9 Å². The van der Waals surface area contributed by atoms with Gasteiger partial charge in [-0.25, -0.2) is 0 Å². The van der Waals surface area contributed by atoms with Crippen LogP contribution in [0.15, 0.2) is 38.3 Å². The van der Waals surface area contributed by atoms with Crippen LogP contribution < -0.4 is 10.7 Å². The number of nitrogens with one attached hydrogen (secondary N) is 2. The van der Waals surface area contributed by atoms with Crippen molar-refractivity contribution in [3.05, 3.63) is 34.5 Å². The van der Waals surface area contributed by atoms with E-state index in [9.17, 15) is 0 Å². The number of hydrogen-bond donors (Lipinski definition) is 2. The lowest BCUT2D eigenvalue weighted by molar-refractivity contribution is 0.603. The van der Waals surface area contributed by atoms with Gasteiger partial charge in [-0.3, -0.25) is 5.43 Å². The summed E-state index contributed by atoms with van der Waals surface area (Å²) in [6.07, 6.45) is 0. The molecular formula is C14H16BrN3OS. The standard InChI is InChI=1S/C14H16BrN3OS/c1-8(2)16-14(20)18-17-9(3)13-7-10-6-11(15)4-5-12(10)19-13/h4-8H,1-3H3,(H2,16,18,20)/b17-9-. The van der Waals surface area contributed by atoms with Gasteiger partial charge in [0, 0.05) is 15.9 Å². The van der Waals surface area contributed by atoms with Crippen molar-refractivity contribution in [1.29, 1.82) is 0 Å². The normalized spacial score (nSPS) is 11.9. The zero-order valence-corrected chi connectivity index (χ0v) is 13.9. The van der Waals surface area contributed by atoms with Gasteiger partial charge >= 0.3 is 0 Å². The Morgan fingerprint density at radius 1 is 1.35 bits per heavy atom. The molecule has 0 unspecified atom stereocenters. The summed E-state index contributed by atoms with van der Waals surface area (Å²) in [7, 11) is 0. The van der Waals surface area contributed by atoms with Crippen LogP contribution in [0.1, 0.15) is 26.5 Å². The van der Waals surface area contributed by atoms with Crippen molar-refractivity contribution in [2.24, 2.45) is 5.10 Å². The molecule has 0 saturated heterocycles. The number of furan rings is 1. The van der Waals surface area contributed by atoms with E-state index in [1.54, 1.807) is 0 Å². The Bertz CT molecular complexity index is 663. The molecule has 0 aliphatic heterocycles. The summed E-state index contributed by atoms with van der Waals surface area (Å²) in [5.74, 6) is 0.720. The average molecular weight is 354 g/mol. The smallest absolute Gasteiger partial charge is 0.187 e. The number of hydrogen-bond acceptors (Lipinski definition) is 3. The molecule has 2 N–H and O–H groups in total. The molecule has 1 aromatic carbocycles. The second-order valence-corrected chi connectivity index (χ2v) is 6.05. The predicted molar refractivity (Wildman–Crippen MR) is 90.1 cm³/mol. The molecule has 20 heavy (non-hydrogen) atoms. The van der Waals surface area contributed by atoms with E-state index < -0.39 is 0 Å². The monoisotopic (exact) mass is 353 g/mol. The van der Waals surface area contributed by atoms with E-state index in [1.165, 1.54) is 0 Å². The maximum atomic E-state index is 5.74. The molecule has 0 amide bonds. The molecule has 0 radical (unpaired) electrons. The molecule has 2 rings (SSSR count). The molecule has 0 spiro atoms. The quantitative estimate of drug-likeness (QED) is 0.500. The number of rotatable bonds is 3. The van der Waals surface area contributed by atoms with Crippen molar-refractivity contribution in [3.63, 3.8) is 0 Å². The topological polar surface area (TPSA) is 49.6 Å². The van der Waals surface area contributed by atoms with Crippen molar-refractivity contribution in [2.45, 2.75) is 26.8 Å². The summed E-state index contributed by atoms with van der Waals surface area (Å²) in [4.78, 5) is 0. The van der Waals surface area contributed by atoms with Crippen molar-refractivity contribution >= 4 is 49.9 Å². The first-order valence-corrected chi connectivity index (χ1v) is 7.46. The van der Waals surface area contributed by atoms with Crippen LogP contribution in [0.25, 0.3) is 11.0 Å². The maximum absolute atomic E-state index is 5.74. The number of halogens is 1. The Labute approximate surface area is 131 Å². The van der Waals surface area contributed by atoms with Crippen LogP contribution in [0.3, 0.4) is 0 Å². The minimum Gasteiger partial charge on any atom is -0.455 e. The van der Waals surface area contributed by atoms with Crippen LogP contribution >= 0.6 is 28.1 Å². The highest BCUT2D eigenvalue weighted by molar-refractivity contribution is 9.10. The van der Waals surface area contributed by atoms with Crippen molar-refractivity contribution < 1.29 is 4.42 Å². The van der Waals surface area contributed by atoms with Crippen LogP contribution in [0, 0.1) is 0 Å². The summed E-state index contributed by atoms with van der Waals surface area (Å²) in [5, 5.41) is 8.82. The lowest BCUT2D eigenvalue weighted by Gasteiger charge is -2.09. The highest BCUT2D eigenvalue weighted by Crippen LogP contribution is 2.23. The maximum Gasteiger partial charge on any atom is 0.187 e. The third-order valence-corrected chi connectivity index (χ3v) is 3.28. The van der Waals surface area contributed by atoms with E-state index in [2.05, 4.69) is 31.8 Å². The van der Waals surface area contributed by atoms with E-state index in [4.69, 9.17) is 16.6 Å². The van der Waals surface area contributed by atoms with E-state index in [0.29, 0.717) is 5.11 Å². The fraction of sp³-hybridized carbons (Fsp3) is 0.286.